The number of benzene rings is 2. The van der Waals surface area contributed by atoms with Gasteiger partial charge < -0.3 is 11.1 Å². The van der Waals surface area contributed by atoms with Crippen molar-refractivity contribution in [1.29, 1.82) is 0 Å². The summed E-state index contributed by atoms with van der Waals surface area (Å²) in [7, 11) is 0. The summed E-state index contributed by atoms with van der Waals surface area (Å²) in [5, 5.41) is 13.4. The lowest BCUT2D eigenvalue weighted by molar-refractivity contribution is -0.384. The van der Waals surface area contributed by atoms with E-state index in [2.05, 4.69) is 5.32 Å². The summed E-state index contributed by atoms with van der Waals surface area (Å²) >= 11 is 0. The first-order valence-electron chi connectivity index (χ1n) is 6.31. The van der Waals surface area contributed by atoms with E-state index in [4.69, 9.17) is 5.73 Å². The molecule has 0 aliphatic heterocycles. The average molecular weight is 285 g/mol. The Labute approximate surface area is 121 Å². The Morgan fingerprint density at radius 2 is 1.90 bits per heavy atom. The van der Waals surface area contributed by atoms with Crippen molar-refractivity contribution < 1.29 is 9.72 Å². The van der Waals surface area contributed by atoms with Gasteiger partial charge in [0.15, 0.2) is 0 Å². The van der Waals surface area contributed by atoms with E-state index < -0.39 is 4.92 Å². The van der Waals surface area contributed by atoms with Crippen LogP contribution in [0.3, 0.4) is 0 Å². The molecule has 2 aromatic carbocycles. The van der Waals surface area contributed by atoms with Crippen molar-refractivity contribution in [1.82, 2.24) is 0 Å². The van der Waals surface area contributed by atoms with Gasteiger partial charge >= 0.3 is 0 Å². The Bertz CT molecular complexity index is 726. The molecule has 0 saturated heterocycles. The first-order valence-corrected chi connectivity index (χ1v) is 6.31. The number of carbonyl (C=O) groups is 1. The van der Waals surface area contributed by atoms with Crippen LogP contribution in [0.25, 0.3) is 0 Å². The number of nitrogens with two attached hydrogens (primary N) is 1. The molecule has 108 valence electrons. The van der Waals surface area contributed by atoms with Gasteiger partial charge in [-0.2, -0.15) is 0 Å². The van der Waals surface area contributed by atoms with Crippen LogP contribution in [-0.4, -0.2) is 10.8 Å². The molecule has 0 aliphatic carbocycles. The number of nitro benzene ring substituents is 1. The van der Waals surface area contributed by atoms with E-state index in [0.29, 0.717) is 22.5 Å². The quantitative estimate of drug-likeness (QED) is 0.514. The molecule has 0 fully saturated rings. The number of non-ortho nitro benzene ring substituents is 1. The summed E-state index contributed by atoms with van der Waals surface area (Å²) in [4.78, 5) is 22.5. The highest BCUT2D eigenvalue weighted by molar-refractivity contribution is 6.08. The van der Waals surface area contributed by atoms with E-state index in [1.807, 2.05) is 13.0 Å². The third-order valence-corrected chi connectivity index (χ3v) is 3.12. The molecule has 0 bridgehead atoms. The number of carbonyl (C=O) groups excluding carboxylic acids is 1. The Kier molecular flexibility index (Phi) is 3.89. The number of hydrogen-bond donors (Lipinski definition) is 2. The van der Waals surface area contributed by atoms with Crippen molar-refractivity contribution in [3.63, 3.8) is 0 Å². The second-order valence-electron chi connectivity index (χ2n) is 4.80. The van der Waals surface area contributed by atoms with Crippen LogP contribution in [0.5, 0.6) is 0 Å². The molecule has 21 heavy (non-hydrogen) atoms. The van der Waals surface area contributed by atoms with E-state index in [-0.39, 0.29) is 11.6 Å². The number of nitrogens with zero attached hydrogens (tertiary/aromatic N) is 1. The SMILES string of the molecule is Cc1ccc(N)c(C(=O)Nc2ccc([N+](=O)[O-])cc2C)c1. The van der Waals surface area contributed by atoms with E-state index in [9.17, 15) is 14.9 Å². The first-order chi connectivity index (χ1) is 9.88. The molecule has 0 spiro atoms. The van der Waals surface area contributed by atoms with Gasteiger partial charge in [0.2, 0.25) is 0 Å². The van der Waals surface area contributed by atoms with Crippen molar-refractivity contribution in [3.05, 3.63) is 63.2 Å². The highest BCUT2D eigenvalue weighted by Gasteiger charge is 2.13. The zero-order valence-corrected chi connectivity index (χ0v) is 11.7. The fourth-order valence-corrected chi connectivity index (χ4v) is 1.96. The van der Waals surface area contributed by atoms with Gasteiger partial charge in [0.05, 0.1) is 10.5 Å². The highest BCUT2D eigenvalue weighted by atomic mass is 16.6. The molecule has 0 aliphatic rings. The lowest BCUT2D eigenvalue weighted by atomic mass is 10.1. The van der Waals surface area contributed by atoms with Crippen molar-refractivity contribution in [2.24, 2.45) is 0 Å². The number of hydrogen-bond acceptors (Lipinski definition) is 4. The van der Waals surface area contributed by atoms with E-state index >= 15 is 0 Å². The molecule has 6 nitrogen and oxygen atoms in total. The maximum absolute atomic E-state index is 12.2. The molecule has 6 heteroatoms. The summed E-state index contributed by atoms with van der Waals surface area (Å²) < 4.78 is 0. The molecule has 2 rings (SSSR count). The molecule has 0 aromatic heterocycles. The predicted molar refractivity (Wildman–Crippen MR) is 81.4 cm³/mol. The maximum Gasteiger partial charge on any atom is 0.269 e. The monoisotopic (exact) mass is 285 g/mol. The van der Waals surface area contributed by atoms with Crippen LogP contribution in [0.4, 0.5) is 17.1 Å². The molecule has 0 heterocycles. The minimum absolute atomic E-state index is 0.0134. The van der Waals surface area contributed by atoms with Crippen LogP contribution in [0.15, 0.2) is 36.4 Å². The minimum Gasteiger partial charge on any atom is -0.398 e. The fraction of sp³-hybridized carbons (Fsp3) is 0.133. The number of aryl methyl sites for hydroxylation is 2. The largest absolute Gasteiger partial charge is 0.398 e. The normalized spacial score (nSPS) is 10.2. The lowest BCUT2D eigenvalue weighted by Gasteiger charge is -2.10. The summed E-state index contributed by atoms with van der Waals surface area (Å²) in [5.41, 5.74) is 8.61. The van der Waals surface area contributed by atoms with Gasteiger partial charge in [-0.3, -0.25) is 14.9 Å². The van der Waals surface area contributed by atoms with Crippen molar-refractivity contribution in [2.45, 2.75) is 13.8 Å². The summed E-state index contributed by atoms with van der Waals surface area (Å²) in [6.07, 6.45) is 0. The molecule has 2 aromatic rings. The molecule has 1 amide bonds. The van der Waals surface area contributed by atoms with Gasteiger partial charge in [-0.05, 0) is 37.6 Å². The summed E-state index contributed by atoms with van der Waals surface area (Å²) in [6.45, 7) is 3.57. The van der Waals surface area contributed by atoms with Gasteiger partial charge in [0.25, 0.3) is 11.6 Å². The van der Waals surface area contributed by atoms with Gasteiger partial charge in [0, 0.05) is 23.5 Å². The zero-order valence-electron chi connectivity index (χ0n) is 11.7. The fourth-order valence-electron chi connectivity index (χ4n) is 1.96. The van der Waals surface area contributed by atoms with Crippen molar-refractivity contribution in [2.75, 3.05) is 11.1 Å². The third kappa shape index (κ3) is 3.17. The van der Waals surface area contributed by atoms with E-state index in [1.54, 1.807) is 19.1 Å². The Morgan fingerprint density at radius 3 is 2.52 bits per heavy atom. The Balaban J connectivity index is 2.27. The molecule has 0 unspecified atom stereocenters. The van der Waals surface area contributed by atoms with Gasteiger partial charge in [-0.25, -0.2) is 0 Å². The van der Waals surface area contributed by atoms with Crippen LogP contribution in [0.2, 0.25) is 0 Å². The standard InChI is InChI=1S/C15H15N3O3/c1-9-3-5-13(16)12(7-9)15(19)17-14-6-4-11(18(20)21)8-10(14)2/h3-8H,16H2,1-2H3,(H,17,19). The molecule has 0 atom stereocenters. The number of anilines is 2. The topological polar surface area (TPSA) is 98.3 Å². The van der Waals surface area contributed by atoms with Crippen LogP contribution < -0.4 is 11.1 Å². The number of rotatable bonds is 3. The minimum atomic E-state index is -0.475. The smallest absolute Gasteiger partial charge is 0.269 e. The van der Waals surface area contributed by atoms with Gasteiger partial charge in [0.1, 0.15) is 0 Å². The molecule has 0 saturated carbocycles. The molecule has 3 N–H and O–H groups in total. The van der Waals surface area contributed by atoms with Crippen LogP contribution in [0.1, 0.15) is 21.5 Å². The van der Waals surface area contributed by atoms with Crippen molar-refractivity contribution >= 4 is 23.0 Å². The van der Waals surface area contributed by atoms with E-state index in [0.717, 1.165) is 5.56 Å². The first kappa shape index (κ1) is 14.5. The third-order valence-electron chi connectivity index (χ3n) is 3.12. The number of nitro groups is 1. The predicted octanol–water partition coefficient (Wildman–Crippen LogP) is 3.05. The summed E-state index contributed by atoms with van der Waals surface area (Å²) in [5.74, 6) is -0.340. The molecular formula is C15H15N3O3. The number of nitrogen functional groups attached to an aromatic ring is 1. The van der Waals surface area contributed by atoms with Crippen LogP contribution in [0, 0.1) is 24.0 Å². The highest BCUT2D eigenvalue weighted by Crippen LogP contribution is 2.23. The maximum atomic E-state index is 12.2. The Hall–Kier alpha value is -2.89. The second kappa shape index (κ2) is 5.62. The lowest BCUT2D eigenvalue weighted by Crippen LogP contribution is -2.15. The Morgan fingerprint density at radius 1 is 1.19 bits per heavy atom. The number of amides is 1. The second-order valence-corrected chi connectivity index (χ2v) is 4.80. The van der Waals surface area contributed by atoms with Gasteiger partial charge in [-0.15, -0.1) is 0 Å². The van der Waals surface area contributed by atoms with Gasteiger partial charge in [-0.1, -0.05) is 11.6 Å². The summed E-state index contributed by atoms with van der Waals surface area (Å²) in [6, 6.07) is 9.47. The number of nitrogens with one attached hydrogen (secondary N) is 1. The average Bonchev–Trinajstić information content (AvgIpc) is 2.43. The van der Waals surface area contributed by atoms with E-state index in [1.165, 1.54) is 18.2 Å². The van der Waals surface area contributed by atoms with Crippen LogP contribution in [-0.2, 0) is 0 Å². The van der Waals surface area contributed by atoms with Crippen molar-refractivity contribution in [3.8, 4) is 0 Å². The zero-order chi connectivity index (χ0) is 15.6. The molecular weight excluding hydrogens is 270 g/mol. The van der Waals surface area contributed by atoms with Crippen LogP contribution >= 0.6 is 0 Å². The molecule has 0 radical (unpaired) electrons.